The van der Waals surface area contributed by atoms with E-state index in [9.17, 15) is 9.59 Å². The maximum absolute atomic E-state index is 13.3. The third kappa shape index (κ3) is 4.86. The third-order valence-electron chi connectivity index (χ3n) is 5.79. The number of anilines is 2. The fourth-order valence-corrected chi connectivity index (χ4v) is 6.02. The molecule has 0 bridgehead atoms. The third-order valence-corrected chi connectivity index (χ3v) is 8.08. The van der Waals surface area contributed by atoms with Crippen LogP contribution in [0, 0.1) is 11.3 Å². The van der Waals surface area contributed by atoms with Crippen molar-refractivity contribution in [3.05, 3.63) is 67.7 Å². The summed E-state index contributed by atoms with van der Waals surface area (Å²) in [5.41, 5.74) is 2.53. The number of hydrogen-bond acceptors (Lipinski definition) is 4. The van der Waals surface area contributed by atoms with Gasteiger partial charge in [-0.3, -0.25) is 9.59 Å². The first-order valence-electron chi connectivity index (χ1n) is 10.3. The summed E-state index contributed by atoms with van der Waals surface area (Å²) < 4.78 is 0. The summed E-state index contributed by atoms with van der Waals surface area (Å²) in [5, 5.41) is 9.09. The first-order chi connectivity index (χ1) is 14.7. The van der Waals surface area contributed by atoms with Crippen LogP contribution < -0.4 is 10.6 Å². The Morgan fingerprint density at radius 2 is 1.81 bits per heavy atom. The summed E-state index contributed by atoms with van der Waals surface area (Å²) >= 11 is 8.89. The van der Waals surface area contributed by atoms with Crippen LogP contribution in [-0.4, -0.2) is 11.8 Å². The molecule has 162 valence electrons. The second kappa shape index (κ2) is 8.77. The molecule has 1 aliphatic rings. The Bertz CT molecular complexity index is 1100. The van der Waals surface area contributed by atoms with Gasteiger partial charge in [0, 0.05) is 15.6 Å². The van der Waals surface area contributed by atoms with E-state index >= 15 is 0 Å². The Labute approximate surface area is 195 Å². The van der Waals surface area contributed by atoms with E-state index in [1.54, 1.807) is 30.3 Å². The summed E-state index contributed by atoms with van der Waals surface area (Å²) in [4.78, 5) is 27.9. The number of amides is 2. The Morgan fingerprint density at radius 1 is 1.06 bits per heavy atom. The first kappa shape index (κ1) is 22.1. The maximum Gasteiger partial charge on any atom is 0.266 e. The number of rotatable bonds is 4. The zero-order chi connectivity index (χ0) is 22.2. The van der Waals surface area contributed by atoms with Crippen LogP contribution in [-0.2, 0) is 12.8 Å². The Morgan fingerprint density at radius 3 is 2.45 bits per heavy atom. The molecule has 4 nitrogen and oxygen atoms in total. The lowest BCUT2D eigenvalue weighted by molar-refractivity contribution is 0.102. The predicted molar refractivity (Wildman–Crippen MR) is 131 cm³/mol. The quantitative estimate of drug-likeness (QED) is 0.424. The van der Waals surface area contributed by atoms with Crippen molar-refractivity contribution in [2.75, 3.05) is 10.6 Å². The second-order valence-electron chi connectivity index (χ2n) is 8.91. The second-order valence-corrected chi connectivity index (χ2v) is 11.4. The molecule has 0 aliphatic heterocycles. The summed E-state index contributed by atoms with van der Waals surface area (Å²) in [6.45, 7) is 6.80. The van der Waals surface area contributed by atoms with Crippen molar-refractivity contribution < 1.29 is 9.59 Å². The van der Waals surface area contributed by atoms with Crippen molar-refractivity contribution in [2.24, 2.45) is 11.3 Å². The summed E-state index contributed by atoms with van der Waals surface area (Å²) in [5.74, 6) is 0.170. The standard InChI is InChI=1S/C24H25ClN2O2S2/c1-24(2,3)14-6-11-17-19(13-14)31-23(27-21(28)18-5-4-12-30-18)20(17)22(29)26-16-9-7-15(25)8-10-16/h4-5,7-10,12,14H,6,11,13H2,1-3H3,(H,26,29)(H,27,28). The molecule has 0 radical (unpaired) electrons. The number of nitrogens with one attached hydrogen (secondary N) is 2. The van der Waals surface area contributed by atoms with Gasteiger partial charge in [-0.2, -0.15) is 0 Å². The highest BCUT2D eigenvalue weighted by Gasteiger charge is 2.34. The molecule has 2 aromatic heterocycles. The lowest BCUT2D eigenvalue weighted by atomic mass is 9.72. The highest BCUT2D eigenvalue weighted by atomic mass is 35.5. The van der Waals surface area contributed by atoms with E-state index in [4.69, 9.17) is 11.6 Å². The minimum atomic E-state index is -0.199. The smallest absolute Gasteiger partial charge is 0.266 e. The minimum Gasteiger partial charge on any atom is -0.322 e. The fourth-order valence-electron chi connectivity index (χ4n) is 3.95. The largest absolute Gasteiger partial charge is 0.322 e. The Kier molecular flexibility index (Phi) is 6.24. The lowest BCUT2D eigenvalue weighted by Crippen LogP contribution is -2.27. The Hall–Kier alpha value is -2.15. The van der Waals surface area contributed by atoms with Gasteiger partial charge in [0.1, 0.15) is 5.00 Å². The van der Waals surface area contributed by atoms with E-state index in [1.807, 2.05) is 11.4 Å². The van der Waals surface area contributed by atoms with Gasteiger partial charge in [-0.15, -0.1) is 22.7 Å². The van der Waals surface area contributed by atoms with Crippen molar-refractivity contribution in [1.29, 1.82) is 0 Å². The summed E-state index contributed by atoms with van der Waals surface area (Å²) in [7, 11) is 0. The van der Waals surface area contributed by atoms with E-state index in [0.29, 0.717) is 32.1 Å². The van der Waals surface area contributed by atoms with Gasteiger partial charge in [-0.05, 0) is 71.9 Å². The van der Waals surface area contributed by atoms with E-state index < -0.39 is 0 Å². The van der Waals surface area contributed by atoms with Gasteiger partial charge in [0.05, 0.1) is 10.4 Å². The van der Waals surface area contributed by atoms with Crippen molar-refractivity contribution in [1.82, 2.24) is 0 Å². The number of hydrogen-bond donors (Lipinski definition) is 2. The van der Waals surface area contributed by atoms with E-state index in [1.165, 1.54) is 27.6 Å². The molecule has 1 aliphatic carbocycles. The predicted octanol–water partition coefficient (Wildman–Crippen LogP) is 7.12. The molecule has 1 unspecified atom stereocenters. The van der Waals surface area contributed by atoms with Crippen LogP contribution >= 0.6 is 34.3 Å². The summed E-state index contributed by atoms with van der Waals surface area (Å²) in [6, 6.07) is 10.7. The van der Waals surface area contributed by atoms with Gasteiger partial charge in [0.2, 0.25) is 0 Å². The fraction of sp³-hybridized carbons (Fsp3) is 0.333. The molecule has 2 amide bonds. The minimum absolute atomic E-state index is 0.179. The number of carbonyl (C=O) groups is 2. The molecule has 0 fully saturated rings. The van der Waals surface area contributed by atoms with Gasteiger partial charge in [-0.25, -0.2) is 0 Å². The molecule has 1 atom stereocenters. The van der Waals surface area contributed by atoms with E-state index in [2.05, 4.69) is 31.4 Å². The number of carbonyl (C=O) groups excluding carboxylic acids is 2. The average Bonchev–Trinajstić information content (AvgIpc) is 3.36. The number of thiophene rings is 2. The zero-order valence-electron chi connectivity index (χ0n) is 17.8. The van der Waals surface area contributed by atoms with Gasteiger partial charge in [0.25, 0.3) is 11.8 Å². The molecule has 0 saturated carbocycles. The van der Waals surface area contributed by atoms with E-state index in [-0.39, 0.29) is 17.2 Å². The molecule has 1 aromatic carbocycles. The van der Waals surface area contributed by atoms with Crippen LogP contribution in [0.15, 0.2) is 41.8 Å². The maximum atomic E-state index is 13.3. The van der Waals surface area contributed by atoms with Gasteiger partial charge < -0.3 is 10.6 Å². The molecular weight excluding hydrogens is 448 g/mol. The van der Waals surface area contributed by atoms with Crippen LogP contribution in [0.4, 0.5) is 10.7 Å². The molecule has 0 saturated heterocycles. The van der Waals surface area contributed by atoms with Crippen molar-refractivity contribution in [2.45, 2.75) is 40.0 Å². The molecule has 7 heteroatoms. The van der Waals surface area contributed by atoms with Gasteiger partial charge in [-0.1, -0.05) is 38.4 Å². The molecule has 3 aromatic rings. The lowest BCUT2D eigenvalue weighted by Gasteiger charge is -2.33. The highest BCUT2D eigenvalue weighted by Crippen LogP contribution is 2.44. The summed E-state index contributed by atoms with van der Waals surface area (Å²) in [6.07, 6.45) is 2.80. The Balaban J connectivity index is 1.67. The number of benzene rings is 1. The average molecular weight is 473 g/mol. The van der Waals surface area contributed by atoms with Crippen LogP contribution in [0.3, 0.4) is 0 Å². The van der Waals surface area contributed by atoms with Crippen LogP contribution in [0.25, 0.3) is 0 Å². The van der Waals surface area contributed by atoms with Gasteiger partial charge >= 0.3 is 0 Å². The SMILES string of the molecule is CC(C)(C)C1CCc2c(sc(NC(=O)c3cccs3)c2C(=O)Nc2ccc(Cl)cc2)C1. The first-order valence-corrected chi connectivity index (χ1v) is 12.4. The molecule has 4 rings (SSSR count). The van der Waals surface area contributed by atoms with Crippen LogP contribution in [0.2, 0.25) is 5.02 Å². The van der Waals surface area contributed by atoms with Crippen molar-refractivity contribution in [3.8, 4) is 0 Å². The molecule has 2 N–H and O–H groups in total. The topological polar surface area (TPSA) is 58.2 Å². The van der Waals surface area contributed by atoms with Crippen molar-refractivity contribution >= 4 is 56.8 Å². The molecule has 0 spiro atoms. The number of halogens is 1. The van der Waals surface area contributed by atoms with Gasteiger partial charge in [0.15, 0.2) is 0 Å². The van der Waals surface area contributed by atoms with Crippen LogP contribution in [0.5, 0.6) is 0 Å². The number of fused-ring (bicyclic) bond motifs is 1. The molecule has 2 heterocycles. The van der Waals surface area contributed by atoms with Crippen LogP contribution in [0.1, 0.15) is 57.7 Å². The normalized spacial score (nSPS) is 15.9. The molecular formula is C24H25ClN2O2S2. The van der Waals surface area contributed by atoms with Crippen molar-refractivity contribution in [3.63, 3.8) is 0 Å². The highest BCUT2D eigenvalue weighted by molar-refractivity contribution is 7.17. The van der Waals surface area contributed by atoms with E-state index in [0.717, 1.165) is 24.8 Å². The monoisotopic (exact) mass is 472 g/mol. The zero-order valence-corrected chi connectivity index (χ0v) is 20.1. The molecule has 31 heavy (non-hydrogen) atoms.